The summed E-state index contributed by atoms with van der Waals surface area (Å²) in [7, 11) is -3.53. The molecule has 0 aliphatic heterocycles. The number of hydrogen-bond donors (Lipinski definition) is 1. The zero-order valence-corrected chi connectivity index (χ0v) is 13.1. The van der Waals surface area contributed by atoms with E-state index in [9.17, 15) is 8.42 Å². The van der Waals surface area contributed by atoms with Crippen molar-refractivity contribution in [3.05, 3.63) is 54.1 Å². The number of aryl methyl sites for hydroxylation is 1. The van der Waals surface area contributed by atoms with Gasteiger partial charge in [0.15, 0.2) is 0 Å². The molecule has 3 nitrogen and oxygen atoms in total. The fourth-order valence-electron chi connectivity index (χ4n) is 1.84. The first-order valence-electron chi connectivity index (χ1n) is 6.31. The number of rotatable bonds is 5. The summed E-state index contributed by atoms with van der Waals surface area (Å²) in [6, 6.07) is 14.3. The van der Waals surface area contributed by atoms with Gasteiger partial charge in [0.25, 0.3) is 10.0 Å². The van der Waals surface area contributed by atoms with E-state index in [1.165, 1.54) is 11.8 Å². The molecule has 0 bridgehead atoms. The van der Waals surface area contributed by atoms with Crippen molar-refractivity contribution in [1.29, 1.82) is 0 Å². The first kappa shape index (κ1) is 14.9. The topological polar surface area (TPSA) is 46.2 Å². The highest BCUT2D eigenvalue weighted by Crippen LogP contribution is 2.27. The number of thioether (sulfide) groups is 1. The summed E-state index contributed by atoms with van der Waals surface area (Å²) < 4.78 is 27.3. The van der Waals surface area contributed by atoms with E-state index in [0.29, 0.717) is 5.69 Å². The van der Waals surface area contributed by atoms with Crippen molar-refractivity contribution < 1.29 is 8.42 Å². The van der Waals surface area contributed by atoms with Gasteiger partial charge in [-0.05, 0) is 42.5 Å². The number of para-hydroxylation sites is 1. The van der Waals surface area contributed by atoms with Gasteiger partial charge >= 0.3 is 0 Å². The summed E-state index contributed by atoms with van der Waals surface area (Å²) in [6.45, 7) is 2.04. The second-order valence-electron chi connectivity index (χ2n) is 4.30. The summed E-state index contributed by atoms with van der Waals surface area (Å²) in [6.07, 6.45) is 2.81. The molecule has 5 heteroatoms. The average Bonchev–Trinajstić information content (AvgIpc) is 2.47. The Balaban J connectivity index is 2.30. The Morgan fingerprint density at radius 1 is 1.05 bits per heavy atom. The molecule has 1 N–H and O–H groups in total. The molecule has 2 aromatic rings. The molecule has 2 aromatic carbocycles. The fourth-order valence-corrected chi connectivity index (χ4v) is 3.53. The zero-order chi connectivity index (χ0) is 14.6. The lowest BCUT2D eigenvalue weighted by atomic mass is 10.2. The largest absolute Gasteiger partial charge is 0.278 e. The highest BCUT2D eigenvalue weighted by atomic mass is 32.2. The Labute approximate surface area is 124 Å². The number of benzene rings is 2. The molecular formula is C15H17NO2S2. The van der Waals surface area contributed by atoms with Crippen molar-refractivity contribution in [3.8, 4) is 0 Å². The van der Waals surface area contributed by atoms with Crippen LogP contribution in [0.2, 0.25) is 0 Å². The minimum absolute atomic E-state index is 0.283. The van der Waals surface area contributed by atoms with Crippen molar-refractivity contribution in [2.45, 2.75) is 23.1 Å². The van der Waals surface area contributed by atoms with Gasteiger partial charge < -0.3 is 0 Å². The summed E-state index contributed by atoms with van der Waals surface area (Å²) in [5.74, 6) is 0. The monoisotopic (exact) mass is 307 g/mol. The molecule has 0 aromatic heterocycles. The van der Waals surface area contributed by atoms with Gasteiger partial charge in [0, 0.05) is 4.90 Å². The van der Waals surface area contributed by atoms with Crippen molar-refractivity contribution in [1.82, 2.24) is 0 Å². The predicted molar refractivity (Wildman–Crippen MR) is 84.9 cm³/mol. The lowest BCUT2D eigenvalue weighted by Gasteiger charge is -2.11. The third-order valence-electron chi connectivity index (χ3n) is 2.99. The van der Waals surface area contributed by atoms with E-state index in [4.69, 9.17) is 0 Å². The number of anilines is 1. The molecular weight excluding hydrogens is 290 g/mol. The highest BCUT2D eigenvalue weighted by molar-refractivity contribution is 7.99. The molecule has 2 rings (SSSR count). The van der Waals surface area contributed by atoms with E-state index >= 15 is 0 Å². The molecule has 0 aliphatic rings. The molecule has 0 spiro atoms. The van der Waals surface area contributed by atoms with Gasteiger partial charge in [-0.3, -0.25) is 4.72 Å². The van der Waals surface area contributed by atoms with Gasteiger partial charge in [0.1, 0.15) is 0 Å². The molecule has 0 aliphatic carbocycles. The quantitative estimate of drug-likeness (QED) is 0.855. The van der Waals surface area contributed by atoms with E-state index < -0.39 is 10.0 Å². The van der Waals surface area contributed by atoms with Crippen LogP contribution in [-0.2, 0) is 16.4 Å². The van der Waals surface area contributed by atoms with Crippen LogP contribution in [0.15, 0.2) is 58.3 Å². The van der Waals surface area contributed by atoms with Gasteiger partial charge in [-0.2, -0.15) is 0 Å². The average molecular weight is 307 g/mol. The van der Waals surface area contributed by atoms with E-state index in [-0.39, 0.29) is 4.90 Å². The molecule has 0 heterocycles. The zero-order valence-electron chi connectivity index (χ0n) is 11.5. The Hall–Kier alpha value is -1.46. The first-order valence-corrected chi connectivity index (χ1v) is 9.02. The summed E-state index contributed by atoms with van der Waals surface area (Å²) in [5, 5.41) is 0. The molecule has 0 radical (unpaired) electrons. The van der Waals surface area contributed by atoms with E-state index in [1.54, 1.807) is 18.2 Å². The number of sulfonamides is 1. The summed E-state index contributed by atoms with van der Waals surface area (Å²) in [4.78, 5) is 1.19. The first-order chi connectivity index (χ1) is 9.56. The molecule has 0 fully saturated rings. The van der Waals surface area contributed by atoms with Crippen LogP contribution >= 0.6 is 11.8 Å². The van der Waals surface area contributed by atoms with Crippen LogP contribution in [0, 0.1) is 0 Å². The van der Waals surface area contributed by atoms with Crippen LogP contribution in [0.25, 0.3) is 0 Å². The Bertz CT molecular complexity index is 679. The predicted octanol–water partition coefficient (Wildman–Crippen LogP) is 3.77. The minimum Gasteiger partial charge on any atom is -0.278 e. The van der Waals surface area contributed by atoms with Gasteiger partial charge in [-0.25, -0.2) is 8.42 Å². The van der Waals surface area contributed by atoms with Crippen LogP contribution in [0.3, 0.4) is 0 Å². The van der Waals surface area contributed by atoms with Crippen molar-refractivity contribution in [2.75, 3.05) is 11.0 Å². The van der Waals surface area contributed by atoms with Gasteiger partial charge in [-0.1, -0.05) is 31.2 Å². The third kappa shape index (κ3) is 3.35. The Kier molecular flexibility index (Phi) is 4.73. The van der Waals surface area contributed by atoms with E-state index in [0.717, 1.165) is 16.9 Å². The Morgan fingerprint density at radius 2 is 1.70 bits per heavy atom. The van der Waals surface area contributed by atoms with Crippen molar-refractivity contribution in [2.24, 2.45) is 0 Å². The van der Waals surface area contributed by atoms with Crippen LogP contribution < -0.4 is 4.72 Å². The highest BCUT2D eigenvalue weighted by Gasteiger charge is 2.15. The SMILES string of the molecule is CCc1ccc(S(=O)(=O)Nc2ccccc2SC)cc1. The maximum absolute atomic E-state index is 12.3. The maximum Gasteiger partial charge on any atom is 0.261 e. The maximum atomic E-state index is 12.3. The van der Waals surface area contributed by atoms with Gasteiger partial charge in [-0.15, -0.1) is 11.8 Å². The summed E-state index contributed by atoms with van der Waals surface area (Å²) in [5.41, 5.74) is 1.73. The molecule has 106 valence electrons. The molecule has 20 heavy (non-hydrogen) atoms. The normalized spacial score (nSPS) is 11.3. The lowest BCUT2D eigenvalue weighted by Crippen LogP contribution is -2.13. The van der Waals surface area contributed by atoms with Gasteiger partial charge in [0.2, 0.25) is 0 Å². The van der Waals surface area contributed by atoms with Crippen LogP contribution in [-0.4, -0.2) is 14.7 Å². The van der Waals surface area contributed by atoms with Crippen LogP contribution in [0.1, 0.15) is 12.5 Å². The minimum atomic E-state index is -3.53. The lowest BCUT2D eigenvalue weighted by molar-refractivity contribution is 0.601. The molecule has 0 atom stereocenters. The molecule has 0 amide bonds. The number of hydrogen-bond acceptors (Lipinski definition) is 3. The van der Waals surface area contributed by atoms with Crippen molar-refractivity contribution in [3.63, 3.8) is 0 Å². The second-order valence-corrected chi connectivity index (χ2v) is 6.83. The molecule has 0 saturated heterocycles. The molecule has 0 saturated carbocycles. The summed E-state index contributed by atoms with van der Waals surface area (Å²) >= 11 is 1.51. The van der Waals surface area contributed by atoms with E-state index in [2.05, 4.69) is 4.72 Å². The van der Waals surface area contributed by atoms with Crippen molar-refractivity contribution >= 4 is 27.5 Å². The van der Waals surface area contributed by atoms with Gasteiger partial charge in [0.05, 0.1) is 10.6 Å². The van der Waals surface area contributed by atoms with Crippen LogP contribution in [0.4, 0.5) is 5.69 Å². The van der Waals surface area contributed by atoms with Crippen LogP contribution in [0.5, 0.6) is 0 Å². The Morgan fingerprint density at radius 3 is 2.30 bits per heavy atom. The fraction of sp³-hybridized carbons (Fsp3) is 0.200. The standard InChI is InChI=1S/C15H17NO2S2/c1-3-12-8-10-13(11-9-12)20(17,18)16-14-6-4-5-7-15(14)19-2/h4-11,16H,3H2,1-2H3. The smallest absolute Gasteiger partial charge is 0.261 e. The number of nitrogens with one attached hydrogen (secondary N) is 1. The van der Waals surface area contributed by atoms with E-state index in [1.807, 2.05) is 43.5 Å². The third-order valence-corrected chi connectivity index (χ3v) is 5.17. The molecule has 0 unspecified atom stereocenters. The second kappa shape index (κ2) is 6.33.